The van der Waals surface area contributed by atoms with E-state index in [1.807, 2.05) is 0 Å². The second kappa shape index (κ2) is 6.97. The van der Waals surface area contributed by atoms with Crippen molar-refractivity contribution in [3.63, 3.8) is 0 Å². The topological polar surface area (TPSA) is 46.2 Å². The lowest BCUT2D eigenvalue weighted by Gasteiger charge is -2.21. The van der Waals surface area contributed by atoms with E-state index in [9.17, 15) is 8.42 Å². The minimum absolute atomic E-state index is 0.0376. The molecular formula is C13H16BrCl2NO2S. The number of halogens is 3. The Balaban J connectivity index is 2.24. The van der Waals surface area contributed by atoms with Gasteiger partial charge in [0.15, 0.2) is 0 Å². The van der Waals surface area contributed by atoms with Gasteiger partial charge in [-0.2, -0.15) is 0 Å². The van der Waals surface area contributed by atoms with Crippen molar-refractivity contribution in [3.05, 3.63) is 28.2 Å². The van der Waals surface area contributed by atoms with Crippen molar-refractivity contribution in [3.8, 4) is 0 Å². The first-order chi connectivity index (χ1) is 9.40. The van der Waals surface area contributed by atoms with E-state index in [1.165, 1.54) is 12.1 Å². The van der Waals surface area contributed by atoms with E-state index < -0.39 is 10.0 Å². The lowest BCUT2D eigenvalue weighted by molar-refractivity contribution is 0.521. The van der Waals surface area contributed by atoms with Crippen molar-refractivity contribution in [1.29, 1.82) is 0 Å². The number of nitrogens with one attached hydrogen (secondary N) is 1. The first-order valence-electron chi connectivity index (χ1n) is 6.51. The maximum atomic E-state index is 12.5. The van der Waals surface area contributed by atoms with E-state index in [2.05, 4.69) is 20.7 Å². The molecule has 1 saturated carbocycles. The third kappa shape index (κ3) is 4.10. The second-order valence-electron chi connectivity index (χ2n) is 4.96. The van der Waals surface area contributed by atoms with Crippen LogP contribution in [0.3, 0.4) is 0 Å². The molecule has 0 aromatic heterocycles. The fourth-order valence-corrected chi connectivity index (χ4v) is 5.31. The molecule has 1 N–H and O–H groups in total. The second-order valence-corrected chi connectivity index (χ2v) is 8.66. The predicted molar refractivity (Wildman–Crippen MR) is 86.4 cm³/mol. The molecule has 1 aliphatic rings. The molecule has 1 aromatic carbocycles. The van der Waals surface area contributed by atoms with Gasteiger partial charge >= 0.3 is 0 Å². The number of hydrogen-bond donors (Lipinski definition) is 1. The molecule has 3 nitrogen and oxygen atoms in total. The van der Waals surface area contributed by atoms with Gasteiger partial charge in [-0.25, -0.2) is 13.1 Å². The highest BCUT2D eigenvalue weighted by molar-refractivity contribution is 9.09. The molecule has 0 bridgehead atoms. The molecule has 2 rings (SSSR count). The van der Waals surface area contributed by atoms with E-state index in [0.717, 1.165) is 32.1 Å². The van der Waals surface area contributed by atoms with Gasteiger partial charge in [0.2, 0.25) is 10.0 Å². The van der Waals surface area contributed by atoms with Gasteiger partial charge in [0, 0.05) is 15.9 Å². The molecule has 0 radical (unpaired) electrons. The Morgan fingerprint density at radius 1 is 1.15 bits per heavy atom. The SMILES string of the molecule is O=S(=O)(NC1CCCCCC1Br)c1cc(Cl)ccc1Cl. The van der Waals surface area contributed by atoms with Crippen LogP contribution >= 0.6 is 39.1 Å². The smallest absolute Gasteiger partial charge is 0.207 e. The molecule has 1 fully saturated rings. The quantitative estimate of drug-likeness (QED) is 0.604. The zero-order valence-corrected chi connectivity index (χ0v) is 14.7. The minimum Gasteiger partial charge on any atom is -0.207 e. The van der Waals surface area contributed by atoms with Crippen LogP contribution in [0.5, 0.6) is 0 Å². The Morgan fingerprint density at radius 2 is 1.85 bits per heavy atom. The van der Waals surface area contributed by atoms with E-state index in [-0.39, 0.29) is 20.8 Å². The third-order valence-corrected chi connectivity index (χ3v) is 6.72. The maximum Gasteiger partial charge on any atom is 0.242 e. The first kappa shape index (κ1) is 16.6. The molecule has 0 aliphatic heterocycles. The van der Waals surface area contributed by atoms with Crippen molar-refractivity contribution < 1.29 is 8.42 Å². The van der Waals surface area contributed by atoms with Crippen LogP contribution in [0.15, 0.2) is 23.1 Å². The van der Waals surface area contributed by atoms with E-state index in [0.29, 0.717) is 5.02 Å². The molecule has 0 heterocycles. The molecular weight excluding hydrogens is 385 g/mol. The highest BCUT2D eigenvalue weighted by Gasteiger charge is 2.28. The Morgan fingerprint density at radius 3 is 2.60 bits per heavy atom. The lowest BCUT2D eigenvalue weighted by atomic mass is 10.1. The summed E-state index contributed by atoms with van der Waals surface area (Å²) in [5, 5.41) is 0.535. The van der Waals surface area contributed by atoms with Gasteiger partial charge in [-0.1, -0.05) is 58.4 Å². The molecule has 2 unspecified atom stereocenters. The van der Waals surface area contributed by atoms with Gasteiger partial charge in [-0.05, 0) is 31.0 Å². The average Bonchev–Trinajstić information content (AvgIpc) is 2.57. The van der Waals surface area contributed by atoms with Gasteiger partial charge in [-0.3, -0.25) is 0 Å². The van der Waals surface area contributed by atoms with Crippen LogP contribution in [-0.2, 0) is 10.0 Å². The molecule has 20 heavy (non-hydrogen) atoms. The summed E-state index contributed by atoms with van der Waals surface area (Å²) in [7, 11) is -3.66. The number of hydrogen-bond acceptors (Lipinski definition) is 2. The highest BCUT2D eigenvalue weighted by Crippen LogP contribution is 2.28. The fraction of sp³-hybridized carbons (Fsp3) is 0.538. The average molecular weight is 401 g/mol. The Bertz CT molecular complexity index is 580. The lowest BCUT2D eigenvalue weighted by Crippen LogP contribution is -2.40. The maximum absolute atomic E-state index is 12.5. The summed E-state index contributed by atoms with van der Waals surface area (Å²) < 4.78 is 27.7. The first-order valence-corrected chi connectivity index (χ1v) is 9.67. The minimum atomic E-state index is -3.66. The van der Waals surface area contributed by atoms with Crippen LogP contribution in [0.2, 0.25) is 10.0 Å². The van der Waals surface area contributed by atoms with Crippen LogP contribution in [0.4, 0.5) is 0 Å². The summed E-state index contributed by atoms with van der Waals surface area (Å²) in [5.41, 5.74) is 0. The third-order valence-electron chi connectivity index (χ3n) is 3.42. The van der Waals surface area contributed by atoms with E-state index >= 15 is 0 Å². The normalized spacial score (nSPS) is 24.4. The highest BCUT2D eigenvalue weighted by atomic mass is 79.9. The molecule has 0 saturated heterocycles. The Labute approximate surface area is 138 Å². The number of rotatable bonds is 3. The molecule has 2 atom stereocenters. The number of alkyl halides is 1. The zero-order chi connectivity index (χ0) is 14.8. The number of sulfonamides is 1. The van der Waals surface area contributed by atoms with Crippen LogP contribution in [-0.4, -0.2) is 19.3 Å². The van der Waals surface area contributed by atoms with Gasteiger partial charge in [0.25, 0.3) is 0 Å². The summed E-state index contributed by atoms with van der Waals surface area (Å²) >= 11 is 15.4. The summed E-state index contributed by atoms with van der Waals surface area (Å²) in [4.78, 5) is 0.188. The summed E-state index contributed by atoms with van der Waals surface area (Å²) in [5.74, 6) is 0. The summed E-state index contributed by atoms with van der Waals surface area (Å²) in [6.45, 7) is 0. The van der Waals surface area contributed by atoms with Gasteiger partial charge in [0.1, 0.15) is 4.90 Å². The van der Waals surface area contributed by atoms with Crippen LogP contribution < -0.4 is 4.72 Å². The van der Waals surface area contributed by atoms with Gasteiger partial charge in [-0.15, -0.1) is 0 Å². The number of benzene rings is 1. The predicted octanol–water partition coefficient (Wildman–Crippen LogP) is 4.37. The van der Waals surface area contributed by atoms with Crippen LogP contribution in [0, 0.1) is 0 Å². The van der Waals surface area contributed by atoms with Crippen molar-refractivity contribution >= 4 is 49.2 Å². The largest absolute Gasteiger partial charge is 0.242 e. The standard InChI is InChI=1S/C13H16BrCl2NO2S/c14-10-4-2-1-3-5-12(10)17-20(18,19)13-8-9(15)6-7-11(13)16/h6-8,10,12,17H,1-5H2. The molecule has 112 valence electrons. The fourth-order valence-electron chi connectivity index (χ4n) is 2.34. The molecule has 1 aliphatic carbocycles. The summed E-state index contributed by atoms with van der Waals surface area (Å²) in [6.07, 6.45) is 5.08. The van der Waals surface area contributed by atoms with E-state index in [1.54, 1.807) is 6.07 Å². The molecule has 0 amide bonds. The van der Waals surface area contributed by atoms with Crippen molar-refractivity contribution in [2.75, 3.05) is 0 Å². The van der Waals surface area contributed by atoms with E-state index in [4.69, 9.17) is 23.2 Å². The summed E-state index contributed by atoms with van der Waals surface area (Å²) in [6, 6.07) is 4.34. The Kier molecular flexibility index (Phi) is 5.77. The van der Waals surface area contributed by atoms with Crippen LogP contribution in [0.25, 0.3) is 0 Å². The van der Waals surface area contributed by atoms with Crippen molar-refractivity contribution in [2.45, 2.75) is 47.9 Å². The molecule has 0 spiro atoms. The van der Waals surface area contributed by atoms with Crippen LogP contribution in [0.1, 0.15) is 32.1 Å². The Hall–Kier alpha value is 0.190. The molecule has 1 aromatic rings. The van der Waals surface area contributed by atoms with Crippen molar-refractivity contribution in [1.82, 2.24) is 4.72 Å². The van der Waals surface area contributed by atoms with Gasteiger partial charge < -0.3 is 0 Å². The zero-order valence-electron chi connectivity index (χ0n) is 10.8. The van der Waals surface area contributed by atoms with Crippen molar-refractivity contribution in [2.24, 2.45) is 0 Å². The monoisotopic (exact) mass is 399 g/mol. The van der Waals surface area contributed by atoms with Gasteiger partial charge in [0.05, 0.1) is 5.02 Å². The molecule has 7 heteroatoms.